The number of benzene rings is 1. The van der Waals surface area contributed by atoms with E-state index in [2.05, 4.69) is 10.1 Å². The number of amides is 1. The van der Waals surface area contributed by atoms with Crippen molar-refractivity contribution in [3.05, 3.63) is 42.2 Å². The van der Waals surface area contributed by atoms with Crippen LogP contribution in [-0.4, -0.2) is 25.4 Å². The Balaban J connectivity index is 2.14. The average molecular weight is 314 g/mol. The molecule has 0 unspecified atom stereocenters. The summed E-state index contributed by atoms with van der Waals surface area (Å²) in [5.74, 6) is -0.0286. The van der Waals surface area contributed by atoms with Crippen molar-refractivity contribution in [2.45, 2.75) is 6.18 Å². The Morgan fingerprint density at radius 1 is 1.27 bits per heavy atom. The number of rotatable bonds is 5. The molecule has 0 saturated carbocycles. The molecule has 1 heterocycles. The number of ether oxygens (including phenoxy) is 1. The highest BCUT2D eigenvalue weighted by Gasteiger charge is 2.28. The maximum atomic E-state index is 12.1. The molecule has 118 valence electrons. The highest BCUT2D eigenvalue weighted by Crippen LogP contribution is 2.27. The monoisotopic (exact) mass is 314 g/mol. The van der Waals surface area contributed by atoms with Crippen LogP contribution in [0.15, 0.2) is 40.8 Å². The largest absolute Gasteiger partial charge is 0.484 e. The molecule has 22 heavy (non-hydrogen) atoms. The van der Waals surface area contributed by atoms with E-state index < -0.39 is 18.7 Å². The van der Waals surface area contributed by atoms with Crippen LogP contribution in [0.4, 0.5) is 13.2 Å². The molecule has 3 N–H and O–H groups in total. The first-order chi connectivity index (χ1) is 10.4. The van der Waals surface area contributed by atoms with Crippen molar-refractivity contribution < 1.29 is 27.1 Å². The van der Waals surface area contributed by atoms with E-state index in [1.165, 1.54) is 30.3 Å². The van der Waals surface area contributed by atoms with Crippen molar-refractivity contribution >= 4 is 5.91 Å². The van der Waals surface area contributed by atoms with Gasteiger partial charge in [-0.1, -0.05) is 12.1 Å². The topological polar surface area (TPSA) is 77.5 Å². The molecule has 8 heteroatoms. The molecule has 1 aromatic carbocycles. The number of nitrogens with two attached hydrogens (primary N) is 1. The quantitative estimate of drug-likeness (QED) is 0.831. The second-order valence-electron chi connectivity index (χ2n) is 4.31. The number of carbonyl (C=O) groups is 1. The van der Waals surface area contributed by atoms with Gasteiger partial charge < -0.3 is 20.2 Å². The van der Waals surface area contributed by atoms with Gasteiger partial charge in [0.15, 0.2) is 12.4 Å². The summed E-state index contributed by atoms with van der Waals surface area (Å²) < 4.78 is 46.4. The van der Waals surface area contributed by atoms with E-state index in [4.69, 9.17) is 10.2 Å². The second-order valence-corrected chi connectivity index (χ2v) is 4.31. The fraction of sp³-hybridized carbons (Fsp3) is 0.214. The molecule has 5 nitrogen and oxygen atoms in total. The van der Waals surface area contributed by atoms with E-state index in [1.807, 2.05) is 0 Å². The summed E-state index contributed by atoms with van der Waals surface area (Å²) >= 11 is 0. The van der Waals surface area contributed by atoms with Crippen LogP contribution in [0.25, 0.3) is 11.3 Å². The molecule has 2 aromatic rings. The summed E-state index contributed by atoms with van der Waals surface area (Å²) in [5, 5.41) is 2.37. The third kappa shape index (κ3) is 4.26. The first kappa shape index (κ1) is 15.9. The lowest BCUT2D eigenvalue weighted by Crippen LogP contribution is -2.28. The minimum atomic E-state index is -4.41. The Hall–Kier alpha value is -2.48. The molecule has 2 rings (SSSR count). The van der Waals surface area contributed by atoms with Crippen LogP contribution < -0.4 is 15.8 Å². The Kier molecular flexibility index (Phi) is 4.71. The average Bonchev–Trinajstić information content (AvgIpc) is 2.95. The van der Waals surface area contributed by atoms with E-state index in [0.717, 1.165) is 0 Å². The van der Waals surface area contributed by atoms with Gasteiger partial charge in [-0.2, -0.15) is 13.2 Å². The van der Waals surface area contributed by atoms with Crippen LogP contribution in [0.2, 0.25) is 0 Å². The van der Waals surface area contributed by atoms with Gasteiger partial charge in [-0.05, 0) is 24.3 Å². The van der Waals surface area contributed by atoms with Crippen molar-refractivity contribution in [2.75, 3.05) is 13.3 Å². The Morgan fingerprint density at radius 2 is 2.05 bits per heavy atom. The van der Waals surface area contributed by atoms with Gasteiger partial charge in [0.05, 0.1) is 6.67 Å². The molecule has 0 aliphatic rings. The first-order valence-electron chi connectivity index (χ1n) is 6.27. The number of halogens is 3. The standard InChI is InChI=1S/C14H13F3N2O3/c15-14(16,17)7-21-10-3-1-2-9(6-10)11-4-5-12(22-11)13(20)19-8-18/h1-6H,7-8,18H2,(H,19,20). The van der Waals surface area contributed by atoms with Gasteiger partial charge in [0, 0.05) is 5.56 Å². The Bertz CT molecular complexity index is 653. The molecule has 1 amide bonds. The van der Waals surface area contributed by atoms with E-state index in [9.17, 15) is 18.0 Å². The fourth-order valence-corrected chi connectivity index (χ4v) is 1.70. The van der Waals surface area contributed by atoms with Crippen molar-refractivity contribution in [3.63, 3.8) is 0 Å². The highest BCUT2D eigenvalue weighted by molar-refractivity contribution is 5.92. The van der Waals surface area contributed by atoms with Gasteiger partial charge in [0.1, 0.15) is 11.5 Å². The molecular weight excluding hydrogens is 301 g/mol. The third-order valence-corrected chi connectivity index (χ3v) is 2.61. The molecule has 0 fully saturated rings. The van der Waals surface area contributed by atoms with E-state index >= 15 is 0 Å². The van der Waals surface area contributed by atoms with Crippen LogP contribution in [0.3, 0.4) is 0 Å². The van der Waals surface area contributed by atoms with Crippen molar-refractivity contribution in [1.82, 2.24) is 5.32 Å². The number of alkyl halides is 3. The number of hydrogen-bond donors (Lipinski definition) is 2. The maximum Gasteiger partial charge on any atom is 0.422 e. The van der Waals surface area contributed by atoms with Crippen molar-refractivity contribution in [3.8, 4) is 17.1 Å². The third-order valence-electron chi connectivity index (χ3n) is 2.61. The van der Waals surface area contributed by atoms with Gasteiger partial charge in [-0.15, -0.1) is 0 Å². The lowest BCUT2D eigenvalue weighted by molar-refractivity contribution is -0.153. The summed E-state index contributed by atoms with van der Waals surface area (Å²) in [5.41, 5.74) is 5.68. The van der Waals surface area contributed by atoms with Crippen molar-refractivity contribution in [1.29, 1.82) is 0 Å². The predicted molar refractivity (Wildman–Crippen MR) is 72.2 cm³/mol. The Morgan fingerprint density at radius 3 is 2.73 bits per heavy atom. The molecule has 0 radical (unpaired) electrons. The lowest BCUT2D eigenvalue weighted by Gasteiger charge is -2.09. The van der Waals surface area contributed by atoms with Gasteiger partial charge in [0.25, 0.3) is 5.91 Å². The SMILES string of the molecule is NCNC(=O)c1ccc(-c2cccc(OCC(F)(F)F)c2)o1. The highest BCUT2D eigenvalue weighted by atomic mass is 19.4. The van der Waals surface area contributed by atoms with Crippen LogP contribution in [0.5, 0.6) is 5.75 Å². The zero-order valence-corrected chi connectivity index (χ0v) is 11.3. The molecule has 1 aromatic heterocycles. The van der Waals surface area contributed by atoms with E-state index in [1.54, 1.807) is 6.07 Å². The molecule has 0 aliphatic heterocycles. The molecule has 0 saturated heterocycles. The number of hydrogen-bond acceptors (Lipinski definition) is 4. The van der Waals surface area contributed by atoms with E-state index in [-0.39, 0.29) is 18.2 Å². The van der Waals surface area contributed by atoms with Crippen LogP contribution in [0.1, 0.15) is 10.6 Å². The van der Waals surface area contributed by atoms with Gasteiger partial charge >= 0.3 is 6.18 Å². The first-order valence-corrected chi connectivity index (χ1v) is 6.27. The summed E-state index contributed by atoms with van der Waals surface area (Å²) in [4.78, 5) is 11.5. The van der Waals surface area contributed by atoms with Gasteiger partial charge in [-0.25, -0.2) is 0 Å². The van der Waals surface area contributed by atoms with Crippen molar-refractivity contribution in [2.24, 2.45) is 5.73 Å². The molecule has 0 atom stereocenters. The van der Waals surface area contributed by atoms with Crippen LogP contribution >= 0.6 is 0 Å². The summed E-state index contributed by atoms with van der Waals surface area (Å²) in [6.07, 6.45) is -4.41. The zero-order valence-electron chi connectivity index (χ0n) is 11.3. The number of nitrogens with one attached hydrogen (secondary N) is 1. The van der Waals surface area contributed by atoms with Gasteiger partial charge in [0.2, 0.25) is 0 Å². The van der Waals surface area contributed by atoms with Crippen LogP contribution in [-0.2, 0) is 0 Å². The van der Waals surface area contributed by atoms with Gasteiger partial charge in [-0.3, -0.25) is 4.79 Å². The molecule has 0 bridgehead atoms. The molecule has 0 spiro atoms. The maximum absolute atomic E-state index is 12.1. The minimum Gasteiger partial charge on any atom is -0.484 e. The van der Waals surface area contributed by atoms with Crippen LogP contribution in [0, 0.1) is 0 Å². The summed E-state index contributed by atoms with van der Waals surface area (Å²) in [6.45, 7) is -1.41. The zero-order chi connectivity index (χ0) is 16.2. The smallest absolute Gasteiger partial charge is 0.422 e. The minimum absolute atomic E-state index is 0.0321. The summed E-state index contributed by atoms with van der Waals surface area (Å²) in [7, 11) is 0. The predicted octanol–water partition coefficient (Wildman–Crippen LogP) is 2.53. The number of carbonyl (C=O) groups excluding carboxylic acids is 1. The lowest BCUT2D eigenvalue weighted by atomic mass is 10.1. The molecule has 0 aliphatic carbocycles. The Labute approximate surface area is 123 Å². The second kappa shape index (κ2) is 6.52. The number of furan rings is 1. The normalized spacial score (nSPS) is 11.3. The summed E-state index contributed by atoms with van der Waals surface area (Å²) in [6, 6.07) is 8.94. The fourth-order valence-electron chi connectivity index (χ4n) is 1.70. The molecular formula is C14H13F3N2O3. The van der Waals surface area contributed by atoms with E-state index in [0.29, 0.717) is 11.3 Å².